The van der Waals surface area contributed by atoms with E-state index in [1.165, 1.54) is 60.7 Å². The number of hydrogen-bond donors (Lipinski definition) is 2. The number of aromatic carboxylic acids is 1. The maximum Gasteiger partial charge on any atom is 0.335 e. The number of carbonyl (C=O) groups is 3. The molecular weight excluding hydrogens is 452 g/mol. The second-order valence-electron chi connectivity index (χ2n) is 7.65. The van der Waals surface area contributed by atoms with Gasteiger partial charge in [-0.3, -0.25) is 24.6 Å². The summed E-state index contributed by atoms with van der Waals surface area (Å²) < 4.78 is 0. The van der Waals surface area contributed by atoms with Crippen molar-refractivity contribution in [1.29, 1.82) is 0 Å². The molecule has 9 heteroatoms. The normalized spacial score (nSPS) is 15.6. The van der Waals surface area contributed by atoms with Crippen molar-refractivity contribution in [2.45, 2.75) is 6.04 Å². The number of nitro benzene ring substituents is 1. The first-order valence-corrected chi connectivity index (χ1v) is 10.4. The highest BCUT2D eigenvalue weighted by Gasteiger charge is 2.44. The van der Waals surface area contributed by atoms with Crippen molar-refractivity contribution in [3.05, 3.63) is 123 Å². The number of carboxylic acids is 1. The minimum atomic E-state index is -1.22. The predicted molar refractivity (Wildman–Crippen MR) is 127 cm³/mol. The van der Waals surface area contributed by atoms with Crippen LogP contribution in [-0.2, 0) is 9.59 Å². The van der Waals surface area contributed by atoms with Crippen LogP contribution in [0.5, 0.6) is 0 Å². The Balaban J connectivity index is 1.82. The average molecular weight is 470 g/mol. The molecule has 1 aliphatic heterocycles. The van der Waals surface area contributed by atoms with Gasteiger partial charge in [-0.15, -0.1) is 0 Å². The van der Waals surface area contributed by atoms with Gasteiger partial charge in [0.25, 0.3) is 11.6 Å². The van der Waals surface area contributed by atoms with Gasteiger partial charge in [-0.1, -0.05) is 42.5 Å². The van der Waals surface area contributed by atoms with Crippen molar-refractivity contribution < 1.29 is 29.5 Å². The molecule has 1 amide bonds. The first-order valence-electron chi connectivity index (χ1n) is 10.4. The number of carbonyl (C=O) groups excluding carboxylic acids is 2. The molecule has 174 valence electrons. The van der Waals surface area contributed by atoms with Gasteiger partial charge in [0.1, 0.15) is 0 Å². The Morgan fingerprint density at radius 1 is 0.971 bits per heavy atom. The third-order valence-corrected chi connectivity index (χ3v) is 5.49. The fourth-order valence-electron chi connectivity index (χ4n) is 3.83. The molecular formula is C26H18N2O7. The number of amides is 1. The summed E-state index contributed by atoms with van der Waals surface area (Å²) in [7, 11) is 0. The lowest BCUT2D eigenvalue weighted by Crippen LogP contribution is -2.31. The number of aliphatic hydroxyl groups is 1. The molecule has 0 saturated carbocycles. The van der Waals surface area contributed by atoms with Crippen molar-refractivity contribution in [1.82, 2.24) is 0 Å². The molecule has 0 aromatic heterocycles. The van der Waals surface area contributed by atoms with Crippen molar-refractivity contribution >= 4 is 35.1 Å². The Kier molecular flexibility index (Phi) is 6.23. The second kappa shape index (κ2) is 9.44. The maximum atomic E-state index is 13.2. The van der Waals surface area contributed by atoms with Crippen molar-refractivity contribution in [2.24, 2.45) is 0 Å². The van der Waals surface area contributed by atoms with Gasteiger partial charge in [0.15, 0.2) is 11.5 Å². The van der Waals surface area contributed by atoms with Gasteiger partial charge < -0.3 is 10.2 Å². The third-order valence-electron chi connectivity index (χ3n) is 5.49. The first-order chi connectivity index (χ1) is 16.8. The predicted octanol–water partition coefficient (Wildman–Crippen LogP) is 4.48. The van der Waals surface area contributed by atoms with Crippen molar-refractivity contribution in [2.75, 3.05) is 4.90 Å². The molecule has 2 N–H and O–H groups in total. The minimum Gasteiger partial charge on any atom is -0.503 e. The van der Waals surface area contributed by atoms with E-state index >= 15 is 0 Å². The van der Waals surface area contributed by atoms with E-state index in [1.54, 1.807) is 24.3 Å². The largest absolute Gasteiger partial charge is 0.503 e. The summed E-state index contributed by atoms with van der Waals surface area (Å²) in [6.07, 6.45) is 2.76. The lowest BCUT2D eigenvalue weighted by Gasteiger charge is -2.27. The van der Waals surface area contributed by atoms with Crippen LogP contribution in [-0.4, -0.2) is 32.8 Å². The molecule has 4 rings (SSSR count). The molecule has 1 atom stereocenters. The summed E-state index contributed by atoms with van der Waals surface area (Å²) in [4.78, 5) is 49.4. The van der Waals surface area contributed by atoms with Crippen LogP contribution in [0, 0.1) is 10.1 Å². The van der Waals surface area contributed by atoms with Gasteiger partial charge in [0, 0.05) is 17.8 Å². The Morgan fingerprint density at radius 2 is 1.66 bits per heavy atom. The van der Waals surface area contributed by atoms with Crippen LogP contribution in [0.25, 0.3) is 6.08 Å². The molecule has 3 aromatic carbocycles. The quantitative estimate of drug-likeness (QED) is 0.295. The van der Waals surface area contributed by atoms with E-state index in [4.69, 9.17) is 0 Å². The van der Waals surface area contributed by atoms with Crippen LogP contribution in [0.4, 0.5) is 11.4 Å². The fourth-order valence-corrected chi connectivity index (χ4v) is 3.83. The highest BCUT2D eigenvalue weighted by Crippen LogP contribution is 2.41. The number of carboxylic acid groups (broad SMARTS) is 1. The number of hydrogen-bond acceptors (Lipinski definition) is 6. The molecule has 0 aliphatic carbocycles. The number of nitrogens with zero attached hydrogens (tertiary/aromatic N) is 2. The molecule has 0 unspecified atom stereocenters. The fraction of sp³-hybridized carbons (Fsp3) is 0.0385. The standard InChI is InChI=1S/C26H18N2O7/c29-21(14-9-16-5-2-1-3-6-16)22-23(17-10-12-19(13-11-17)28(34)35)27(25(31)24(22)30)20-8-4-7-18(15-20)26(32)33/h1-15,23,30H,(H,32,33)/b14-9-/t23-/m1/s1. The van der Waals surface area contributed by atoms with Crippen molar-refractivity contribution in [3.8, 4) is 0 Å². The summed E-state index contributed by atoms with van der Waals surface area (Å²) in [6.45, 7) is 0. The molecule has 0 spiro atoms. The lowest BCUT2D eigenvalue weighted by atomic mass is 9.95. The van der Waals surface area contributed by atoms with E-state index < -0.39 is 34.4 Å². The lowest BCUT2D eigenvalue weighted by molar-refractivity contribution is -0.384. The summed E-state index contributed by atoms with van der Waals surface area (Å²) >= 11 is 0. The summed E-state index contributed by atoms with van der Waals surface area (Å²) in [5, 5.41) is 31.2. The summed E-state index contributed by atoms with van der Waals surface area (Å²) in [6, 6.07) is 18.5. The zero-order valence-electron chi connectivity index (χ0n) is 18.1. The SMILES string of the molecule is O=C(/C=C\c1ccccc1)C1=C(O)C(=O)N(c2cccc(C(=O)O)c2)[C@@H]1c1ccc([N+](=O)[O-])cc1. The number of allylic oxidation sites excluding steroid dienone is 1. The third kappa shape index (κ3) is 4.55. The second-order valence-corrected chi connectivity index (χ2v) is 7.65. The van der Waals surface area contributed by atoms with E-state index in [0.29, 0.717) is 5.56 Å². The smallest absolute Gasteiger partial charge is 0.335 e. The number of anilines is 1. The van der Waals surface area contributed by atoms with Crippen LogP contribution in [0.2, 0.25) is 0 Å². The highest BCUT2D eigenvalue weighted by atomic mass is 16.6. The highest BCUT2D eigenvalue weighted by molar-refractivity contribution is 6.20. The zero-order valence-corrected chi connectivity index (χ0v) is 18.1. The van der Waals surface area contributed by atoms with Crippen LogP contribution in [0.1, 0.15) is 27.5 Å². The van der Waals surface area contributed by atoms with E-state index in [2.05, 4.69) is 0 Å². The number of nitro groups is 1. The average Bonchev–Trinajstić information content (AvgIpc) is 3.13. The number of aliphatic hydroxyl groups excluding tert-OH is 1. The Morgan fingerprint density at radius 3 is 2.29 bits per heavy atom. The number of ketones is 1. The Hall–Kier alpha value is -5.05. The first kappa shape index (κ1) is 23.1. The van der Waals surface area contributed by atoms with Crippen LogP contribution in [0.15, 0.2) is 96.3 Å². The van der Waals surface area contributed by atoms with E-state index in [-0.39, 0.29) is 22.5 Å². The van der Waals surface area contributed by atoms with Gasteiger partial charge >= 0.3 is 5.97 Å². The molecule has 3 aromatic rings. The molecule has 0 fully saturated rings. The Bertz CT molecular complexity index is 1390. The molecule has 0 radical (unpaired) electrons. The molecule has 0 bridgehead atoms. The number of non-ortho nitro benzene ring substituents is 1. The molecule has 9 nitrogen and oxygen atoms in total. The molecule has 1 aliphatic rings. The Labute approximate surface area is 199 Å². The van der Waals surface area contributed by atoms with Gasteiger partial charge in [0.2, 0.25) is 0 Å². The summed E-state index contributed by atoms with van der Waals surface area (Å²) in [5.74, 6) is -3.53. The van der Waals surface area contributed by atoms with E-state index in [0.717, 1.165) is 10.5 Å². The van der Waals surface area contributed by atoms with Crippen LogP contribution >= 0.6 is 0 Å². The van der Waals surface area contributed by atoms with Crippen molar-refractivity contribution in [3.63, 3.8) is 0 Å². The van der Waals surface area contributed by atoms with Gasteiger partial charge in [-0.25, -0.2) is 4.79 Å². The van der Waals surface area contributed by atoms with E-state index in [1.807, 2.05) is 6.07 Å². The van der Waals surface area contributed by atoms with Gasteiger partial charge in [-0.2, -0.15) is 0 Å². The van der Waals surface area contributed by atoms with Crippen LogP contribution < -0.4 is 4.90 Å². The zero-order chi connectivity index (χ0) is 25.1. The van der Waals surface area contributed by atoms with E-state index in [9.17, 15) is 34.7 Å². The monoisotopic (exact) mass is 470 g/mol. The van der Waals surface area contributed by atoms with Gasteiger partial charge in [0.05, 0.1) is 22.1 Å². The maximum absolute atomic E-state index is 13.2. The number of benzene rings is 3. The minimum absolute atomic E-state index is 0.0963. The molecule has 1 heterocycles. The van der Waals surface area contributed by atoms with Crippen LogP contribution in [0.3, 0.4) is 0 Å². The molecule has 0 saturated heterocycles. The summed E-state index contributed by atoms with van der Waals surface area (Å²) in [5.41, 5.74) is 0.674. The number of rotatable bonds is 7. The molecule has 35 heavy (non-hydrogen) atoms. The van der Waals surface area contributed by atoms with Gasteiger partial charge in [-0.05, 0) is 47.5 Å². The topological polar surface area (TPSA) is 138 Å².